The molecule has 68 valence electrons. The lowest BCUT2D eigenvalue weighted by Crippen LogP contribution is -1.77. The molecule has 3 nitrogen and oxygen atoms in total. The highest BCUT2D eigenvalue weighted by Gasteiger charge is 2.03. The van der Waals surface area contributed by atoms with Crippen molar-refractivity contribution in [3.63, 3.8) is 0 Å². The minimum absolute atomic E-state index is 0.0444. The first-order valence-electron chi connectivity index (χ1n) is 4.28. The second kappa shape index (κ2) is 3.58. The number of aliphatic hydroxyl groups is 1. The van der Waals surface area contributed by atoms with Gasteiger partial charge in [0.2, 0.25) is 0 Å². The molecule has 0 saturated heterocycles. The van der Waals surface area contributed by atoms with E-state index in [4.69, 9.17) is 9.52 Å². The number of nitrogens with zero attached hydrogens (tertiary/aromatic N) is 1. The first kappa shape index (κ1) is 8.26. The minimum atomic E-state index is -0.0444. The molecular weight excluding hydrogens is 166 g/mol. The molecule has 1 aromatic rings. The zero-order chi connectivity index (χ0) is 9.10. The number of aliphatic hydroxyl groups excluding tert-OH is 1. The number of hydrogen-bond acceptors (Lipinski definition) is 3. The third-order valence-corrected chi connectivity index (χ3v) is 1.95. The quantitative estimate of drug-likeness (QED) is 0.746. The fraction of sp³-hybridized carbons (Fsp3) is 0.300. The maximum absolute atomic E-state index is 8.77. The highest BCUT2D eigenvalue weighted by molar-refractivity contribution is 5.86. The average molecular weight is 177 g/mol. The van der Waals surface area contributed by atoms with Gasteiger partial charge in [0.25, 0.3) is 0 Å². The second-order valence-electron chi connectivity index (χ2n) is 2.97. The van der Waals surface area contributed by atoms with Crippen LogP contribution >= 0.6 is 0 Å². The van der Waals surface area contributed by atoms with Crippen LogP contribution in [0.25, 0.3) is 6.08 Å². The summed E-state index contributed by atoms with van der Waals surface area (Å²) < 4.78 is 5.31. The van der Waals surface area contributed by atoms with E-state index in [1.165, 1.54) is 5.57 Å². The molecule has 0 unspecified atom stereocenters. The largest absolute Gasteiger partial charge is 0.459 e. The van der Waals surface area contributed by atoms with Gasteiger partial charge in [0.15, 0.2) is 0 Å². The molecular formula is C10H11NO2. The van der Waals surface area contributed by atoms with E-state index in [9.17, 15) is 0 Å². The Morgan fingerprint density at radius 3 is 3.08 bits per heavy atom. The summed E-state index contributed by atoms with van der Waals surface area (Å²) in [5.74, 6) is 1.38. The molecule has 1 aliphatic rings. The van der Waals surface area contributed by atoms with Crippen molar-refractivity contribution in [2.45, 2.75) is 13.0 Å². The van der Waals surface area contributed by atoms with Gasteiger partial charge in [0.05, 0.1) is 0 Å². The lowest BCUT2D eigenvalue weighted by molar-refractivity contribution is 0.246. The summed E-state index contributed by atoms with van der Waals surface area (Å²) in [4.78, 5) is 4.10. The molecule has 0 atom stereocenters. The summed E-state index contributed by atoms with van der Waals surface area (Å²) in [5, 5.41) is 8.77. The Morgan fingerprint density at radius 1 is 1.54 bits per heavy atom. The van der Waals surface area contributed by atoms with Gasteiger partial charge in [-0.2, -0.15) is 0 Å². The Hall–Kier alpha value is -1.35. The van der Waals surface area contributed by atoms with Crippen LogP contribution in [0.5, 0.6) is 0 Å². The number of rotatable bonds is 2. The van der Waals surface area contributed by atoms with Gasteiger partial charge in [-0.3, -0.25) is 4.99 Å². The van der Waals surface area contributed by atoms with Crippen LogP contribution in [0.4, 0.5) is 0 Å². The van der Waals surface area contributed by atoms with E-state index in [1.54, 1.807) is 6.07 Å². The summed E-state index contributed by atoms with van der Waals surface area (Å²) in [6.45, 7) is 0.830. The van der Waals surface area contributed by atoms with E-state index in [0.717, 1.165) is 18.7 Å². The zero-order valence-electron chi connectivity index (χ0n) is 7.23. The van der Waals surface area contributed by atoms with Crippen LogP contribution in [0.2, 0.25) is 0 Å². The number of furan rings is 1. The monoisotopic (exact) mass is 177 g/mol. The van der Waals surface area contributed by atoms with Crippen molar-refractivity contribution in [2.24, 2.45) is 4.99 Å². The summed E-state index contributed by atoms with van der Waals surface area (Å²) in [6, 6.07) is 3.63. The van der Waals surface area contributed by atoms with Gasteiger partial charge in [-0.05, 0) is 30.2 Å². The molecule has 0 radical (unpaired) electrons. The third kappa shape index (κ3) is 1.87. The van der Waals surface area contributed by atoms with E-state index in [2.05, 4.69) is 4.99 Å². The molecule has 0 saturated carbocycles. The summed E-state index contributed by atoms with van der Waals surface area (Å²) >= 11 is 0. The molecule has 0 bridgehead atoms. The first-order chi connectivity index (χ1) is 6.38. The fourth-order valence-electron chi connectivity index (χ4n) is 1.29. The molecule has 1 N–H and O–H groups in total. The molecule has 2 rings (SSSR count). The average Bonchev–Trinajstić information content (AvgIpc) is 2.76. The third-order valence-electron chi connectivity index (χ3n) is 1.95. The number of hydrogen-bond donors (Lipinski definition) is 1. The maximum Gasteiger partial charge on any atom is 0.130 e. The lowest BCUT2D eigenvalue weighted by atomic mass is 10.2. The van der Waals surface area contributed by atoms with Crippen LogP contribution in [0, 0.1) is 0 Å². The Labute approximate surface area is 76.4 Å². The summed E-state index contributed by atoms with van der Waals surface area (Å²) in [7, 11) is 0. The Kier molecular flexibility index (Phi) is 2.27. The standard InChI is InChI=1S/C10H11NO2/c12-7-10-2-1-9(13-10)5-8-3-4-11-6-8/h1-2,5-6,12H,3-4,7H2. The van der Waals surface area contributed by atoms with Gasteiger partial charge in [0, 0.05) is 12.8 Å². The van der Waals surface area contributed by atoms with Gasteiger partial charge >= 0.3 is 0 Å². The molecule has 0 amide bonds. The van der Waals surface area contributed by atoms with Crippen LogP contribution in [0.1, 0.15) is 17.9 Å². The minimum Gasteiger partial charge on any atom is -0.459 e. The van der Waals surface area contributed by atoms with Crippen LogP contribution < -0.4 is 0 Å². The van der Waals surface area contributed by atoms with E-state index >= 15 is 0 Å². The number of aliphatic imine (C=N–C) groups is 1. The lowest BCUT2D eigenvalue weighted by Gasteiger charge is -1.90. The Balaban J connectivity index is 2.16. The molecule has 13 heavy (non-hydrogen) atoms. The smallest absolute Gasteiger partial charge is 0.130 e. The predicted molar refractivity (Wildman–Crippen MR) is 50.6 cm³/mol. The highest BCUT2D eigenvalue weighted by Crippen LogP contribution is 2.15. The van der Waals surface area contributed by atoms with Crippen LogP contribution in [-0.2, 0) is 6.61 Å². The van der Waals surface area contributed by atoms with Crippen molar-refractivity contribution >= 4 is 12.3 Å². The normalized spacial score (nSPS) is 18.7. The van der Waals surface area contributed by atoms with Crippen molar-refractivity contribution in [2.75, 3.05) is 6.54 Å². The van der Waals surface area contributed by atoms with Gasteiger partial charge in [0.1, 0.15) is 18.1 Å². The molecule has 3 heteroatoms. The van der Waals surface area contributed by atoms with Crippen molar-refractivity contribution in [3.05, 3.63) is 29.2 Å². The molecule has 0 fully saturated rings. The summed E-state index contributed by atoms with van der Waals surface area (Å²) in [5.41, 5.74) is 1.18. The van der Waals surface area contributed by atoms with Crippen LogP contribution in [0.15, 0.2) is 27.1 Å². The van der Waals surface area contributed by atoms with Gasteiger partial charge < -0.3 is 9.52 Å². The van der Waals surface area contributed by atoms with Crippen LogP contribution in [0.3, 0.4) is 0 Å². The molecule has 0 aliphatic carbocycles. The van der Waals surface area contributed by atoms with Gasteiger partial charge in [-0.25, -0.2) is 0 Å². The van der Waals surface area contributed by atoms with Crippen LogP contribution in [-0.4, -0.2) is 17.9 Å². The van der Waals surface area contributed by atoms with E-state index in [1.807, 2.05) is 18.4 Å². The molecule has 1 aliphatic heterocycles. The molecule has 1 aromatic heterocycles. The maximum atomic E-state index is 8.77. The van der Waals surface area contributed by atoms with Crippen molar-refractivity contribution in [1.29, 1.82) is 0 Å². The second-order valence-corrected chi connectivity index (χ2v) is 2.97. The van der Waals surface area contributed by atoms with Gasteiger partial charge in [-0.1, -0.05) is 0 Å². The van der Waals surface area contributed by atoms with E-state index < -0.39 is 0 Å². The summed E-state index contributed by atoms with van der Waals surface area (Å²) in [6.07, 6.45) is 4.80. The SMILES string of the molecule is OCc1ccc(C=C2C=NCC2)o1. The molecule has 0 aromatic carbocycles. The van der Waals surface area contributed by atoms with Crippen molar-refractivity contribution in [3.8, 4) is 0 Å². The zero-order valence-corrected chi connectivity index (χ0v) is 7.23. The van der Waals surface area contributed by atoms with Gasteiger partial charge in [-0.15, -0.1) is 0 Å². The molecule has 2 heterocycles. The van der Waals surface area contributed by atoms with Crippen molar-refractivity contribution < 1.29 is 9.52 Å². The van der Waals surface area contributed by atoms with E-state index in [-0.39, 0.29) is 6.61 Å². The highest BCUT2D eigenvalue weighted by atomic mass is 16.4. The first-order valence-corrected chi connectivity index (χ1v) is 4.28. The van der Waals surface area contributed by atoms with E-state index in [0.29, 0.717) is 5.76 Å². The Bertz CT molecular complexity index is 350. The topological polar surface area (TPSA) is 45.7 Å². The Morgan fingerprint density at radius 2 is 2.46 bits per heavy atom. The fourth-order valence-corrected chi connectivity index (χ4v) is 1.29. The van der Waals surface area contributed by atoms with Crippen molar-refractivity contribution in [1.82, 2.24) is 0 Å². The predicted octanol–water partition coefficient (Wildman–Crippen LogP) is 1.63. The molecule has 0 spiro atoms.